The highest BCUT2D eigenvalue weighted by atomic mass is 35.7. The van der Waals surface area contributed by atoms with Gasteiger partial charge in [0.2, 0.25) is 9.05 Å². The number of aryl methyl sites for hydroxylation is 1. The third kappa shape index (κ3) is 6.43. The van der Waals surface area contributed by atoms with E-state index in [1.165, 1.54) is 12.1 Å². The van der Waals surface area contributed by atoms with Crippen LogP contribution in [0.15, 0.2) is 24.3 Å². The molecule has 0 saturated carbocycles. The molecule has 1 aromatic carbocycles. The Morgan fingerprint density at radius 3 is 2.29 bits per heavy atom. The van der Waals surface area contributed by atoms with Gasteiger partial charge >= 0.3 is 0 Å². The summed E-state index contributed by atoms with van der Waals surface area (Å²) in [5.74, 6) is 0.161. The molecule has 0 spiro atoms. The standard InChI is InChI=1S/C10H11ClF2O3S/c11-17(14,15)6-5-8-1-3-9(4-2-8)16-7-10(12)13/h1-4,10H,5-7H2. The number of benzene rings is 1. The fourth-order valence-corrected chi connectivity index (χ4v) is 1.86. The lowest BCUT2D eigenvalue weighted by atomic mass is 10.2. The molecule has 0 aliphatic heterocycles. The number of halogens is 3. The first-order valence-corrected chi connectivity index (χ1v) is 7.27. The van der Waals surface area contributed by atoms with E-state index in [9.17, 15) is 17.2 Å². The Bertz CT molecular complexity index is 445. The Morgan fingerprint density at radius 1 is 1.24 bits per heavy atom. The fraction of sp³-hybridized carbons (Fsp3) is 0.400. The molecule has 0 N–H and O–H groups in total. The Morgan fingerprint density at radius 2 is 1.82 bits per heavy atom. The molecule has 0 unspecified atom stereocenters. The molecule has 0 heterocycles. The molecule has 0 amide bonds. The van der Waals surface area contributed by atoms with Gasteiger partial charge in [0.15, 0.2) is 0 Å². The van der Waals surface area contributed by atoms with Crippen molar-refractivity contribution in [1.29, 1.82) is 0 Å². The van der Waals surface area contributed by atoms with Crippen molar-refractivity contribution >= 4 is 19.7 Å². The summed E-state index contributed by atoms with van der Waals surface area (Å²) in [5.41, 5.74) is 0.749. The Balaban J connectivity index is 2.50. The smallest absolute Gasteiger partial charge is 0.272 e. The third-order valence-electron chi connectivity index (χ3n) is 1.93. The van der Waals surface area contributed by atoms with Crippen molar-refractivity contribution in [3.8, 4) is 5.75 Å². The molecule has 0 bridgehead atoms. The topological polar surface area (TPSA) is 43.4 Å². The van der Waals surface area contributed by atoms with E-state index in [0.29, 0.717) is 5.75 Å². The first-order valence-electron chi connectivity index (χ1n) is 4.79. The minimum atomic E-state index is -3.51. The molecule has 17 heavy (non-hydrogen) atoms. The van der Waals surface area contributed by atoms with Crippen molar-refractivity contribution in [3.63, 3.8) is 0 Å². The first-order chi connectivity index (χ1) is 7.87. The summed E-state index contributed by atoms with van der Waals surface area (Å²) in [6.45, 7) is -0.657. The second-order valence-corrected chi connectivity index (χ2v) is 6.24. The van der Waals surface area contributed by atoms with Crippen molar-refractivity contribution < 1.29 is 21.9 Å². The van der Waals surface area contributed by atoms with Crippen LogP contribution in [-0.4, -0.2) is 27.2 Å². The van der Waals surface area contributed by atoms with Gasteiger partial charge in [-0.1, -0.05) is 12.1 Å². The van der Waals surface area contributed by atoms with Gasteiger partial charge in [-0.3, -0.25) is 0 Å². The van der Waals surface area contributed by atoms with Crippen molar-refractivity contribution in [2.75, 3.05) is 12.4 Å². The van der Waals surface area contributed by atoms with Crippen LogP contribution in [0.3, 0.4) is 0 Å². The Labute approximate surface area is 103 Å². The van der Waals surface area contributed by atoms with Gasteiger partial charge in [-0.25, -0.2) is 17.2 Å². The Kier molecular flexibility index (Phi) is 5.14. The molecule has 0 aromatic heterocycles. The van der Waals surface area contributed by atoms with Crippen LogP contribution < -0.4 is 4.74 Å². The highest BCUT2D eigenvalue weighted by Gasteiger charge is 2.06. The monoisotopic (exact) mass is 284 g/mol. The van der Waals surface area contributed by atoms with Crippen LogP contribution in [0.1, 0.15) is 5.56 Å². The Hall–Kier alpha value is -0.880. The van der Waals surface area contributed by atoms with Crippen LogP contribution in [0, 0.1) is 0 Å². The van der Waals surface area contributed by atoms with Crippen LogP contribution >= 0.6 is 10.7 Å². The molecule has 0 aliphatic rings. The van der Waals surface area contributed by atoms with Gasteiger partial charge in [0.1, 0.15) is 12.4 Å². The highest BCUT2D eigenvalue weighted by molar-refractivity contribution is 8.13. The van der Waals surface area contributed by atoms with Gasteiger partial charge in [-0.2, -0.15) is 0 Å². The predicted molar refractivity (Wildman–Crippen MR) is 61.3 cm³/mol. The summed E-state index contributed by atoms with van der Waals surface area (Å²) < 4.78 is 49.9. The number of hydrogen-bond acceptors (Lipinski definition) is 3. The summed E-state index contributed by atoms with van der Waals surface area (Å²) in [7, 11) is 1.55. The largest absolute Gasteiger partial charge is 0.488 e. The van der Waals surface area contributed by atoms with Gasteiger partial charge in [0.05, 0.1) is 5.75 Å². The average Bonchev–Trinajstić information content (AvgIpc) is 2.24. The molecular formula is C10H11ClF2O3S. The van der Waals surface area contributed by atoms with E-state index < -0.39 is 22.1 Å². The molecule has 96 valence electrons. The lowest BCUT2D eigenvalue weighted by Crippen LogP contribution is -2.07. The molecule has 1 aromatic rings. The van der Waals surface area contributed by atoms with Crippen LogP contribution in [0.25, 0.3) is 0 Å². The highest BCUT2D eigenvalue weighted by Crippen LogP contribution is 2.14. The molecule has 0 aliphatic carbocycles. The van der Waals surface area contributed by atoms with Crippen molar-refractivity contribution in [1.82, 2.24) is 0 Å². The second kappa shape index (κ2) is 6.16. The van der Waals surface area contributed by atoms with E-state index in [1.54, 1.807) is 12.1 Å². The zero-order chi connectivity index (χ0) is 12.9. The lowest BCUT2D eigenvalue weighted by Gasteiger charge is -2.06. The van der Waals surface area contributed by atoms with E-state index in [-0.39, 0.29) is 12.2 Å². The normalized spacial score (nSPS) is 11.8. The summed E-state index contributed by atoms with van der Waals surface area (Å²) >= 11 is 0. The minimum absolute atomic E-state index is 0.161. The van der Waals surface area contributed by atoms with Crippen molar-refractivity contribution in [2.24, 2.45) is 0 Å². The van der Waals surface area contributed by atoms with Crippen LogP contribution in [0.4, 0.5) is 8.78 Å². The molecule has 0 fully saturated rings. The zero-order valence-corrected chi connectivity index (χ0v) is 10.3. The van der Waals surface area contributed by atoms with Gasteiger partial charge in [0.25, 0.3) is 6.43 Å². The molecule has 0 radical (unpaired) electrons. The van der Waals surface area contributed by atoms with E-state index in [4.69, 9.17) is 15.4 Å². The minimum Gasteiger partial charge on any atom is -0.488 e. The van der Waals surface area contributed by atoms with Crippen LogP contribution in [0.2, 0.25) is 0 Å². The van der Waals surface area contributed by atoms with Gasteiger partial charge in [0, 0.05) is 10.7 Å². The van der Waals surface area contributed by atoms with Gasteiger partial charge in [-0.15, -0.1) is 0 Å². The molecule has 1 rings (SSSR count). The first kappa shape index (κ1) is 14.2. The molecule has 0 atom stereocenters. The second-order valence-electron chi connectivity index (χ2n) is 3.34. The maximum Gasteiger partial charge on any atom is 0.272 e. The lowest BCUT2D eigenvalue weighted by molar-refractivity contribution is 0.0819. The van der Waals surface area contributed by atoms with Crippen molar-refractivity contribution in [2.45, 2.75) is 12.8 Å². The summed E-state index contributed by atoms with van der Waals surface area (Å²) in [6.07, 6.45) is -2.24. The SMILES string of the molecule is O=S(=O)(Cl)CCc1ccc(OCC(F)F)cc1. The van der Waals surface area contributed by atoms with E-state index in [1.807, 2.05) is 0 Å². The number of hydrogen-bond donors (Lipinski definition) is 0. The van der Waals surface area contributed by atoms with E-state index >= 15 is 0 Å². The zero-order valence-electron chi connectivity index (χ0n) is 8.77. The summed E-state index contributed by atoms with van der Waals surface area (Å²) in [5, 5.41) is 0. The summed E-state index contributed by atoms with van der Waals surface area (Å²) in [6, 6.07) is 6.25. The molecule has 7 heteroatoms. The molecule has 3 nitrogen and oxygen atoms in total. The third-order valence-corrected chi connectivity index (χ3v) is 3.09. The van der Waals surface area contributed by atoms with Gasteiger partial charge in [-0.05, 0) is 24.1 Å². The quantitative estimate of drug-likeness (QED) is 0.754. The predicted octanol–water partition coefficient (Wildman–Crippen LogP) is 2.44. The van der Waals surface area contributed by atoms with E-state index in [2.05, 4.69) is 0 Å². The molecule has 0 saturated heterocycles. The van der Waals surface area contributed by atoms with Crippen molar-refractivity contribution in [3.05, 3.63) is 29.8 Å². The number of rotatable bonds is 6. The molecular weight excluding hydrogens is 274 g/mol. The van der Waals surface area contributed by atoms with E-state index in [0.717, 1.165) is 5.56 Å². The van der Waals surface area contributed by atoms with Gasteiger partial charge < -0.3 is 4.74 Å². The maximum atomic E-state index is 11.8. The number of ether oxygens (including phenoxy) is 1. The van der Waals surface area contributed by atoms with Crippen LogP contribution in [0.5, 0.6) is 5.75 Å². The average molecular weight is 285 g/mol. The van der Waals surface area contributed by atoms with Crippen LogP contribution in [-0.2, 0) is 15.5 Å². The maximum absolute atomic E-state index is 11.8. The fourth-order valence-electron chi connectivity index (χ4n) is 1.15. The summed E-state index contributed by atoms with van der Waals surface area (Å²) in [4.78, 5) is 0. The number of alkyl halides is 2.